The zero-order chi connectivity index (χ0) is 24.4. The summed E-state index contributed by atoms with van der Waals surface area (Å²) in [4.78, 5) is 23.3. The summed E-state index contributed by atoms with van der Waals surface area (Å²) in [5.74, 6) is -0.972. The van der Waals surface area contributed by atoms with Crippen molar-refractivity contribution in [3.8, 4) is 0 Å². The standard InChI is InChI=1S/C24H22BrF2N7O/c25-18-14-30-34-22(29-13-15-2-1-7-28-12-15)11-21(32-23(18)34)16-5-8-33(9-6-16)24(35)31-17-3-4-19(26)20(27)10-17/h1-4,7,10-12,14,16,29H,5-6,8-9,13H2,(H,31,35). The molecule has 2 N–H and O–H groups in total. The predicted octanol–water partition coefficient (Wildman–Crippen LogP) is 5.19. The number of likely N-dealkylation sites (tertiary alicyclic amines) is 1. The minimum absolute atomic E-state index is 0.160. The van der Waals surface area contributed by atoms with Gasteiger partial charge in [-0.2, -0.15) is 9.61 Å². The molecular weight excluding hydrogens is 520 g/mol. The van der Waals surface area contributed by atoms with Crippen molar-refractivity contribution >= 4 is 39.1 Å². The highest BCUT2D eigenvalue weighted by molar-refractivity contribution is 9.10. The van der Waals surface area contributed by atoms with Crippen LogP contribution in [0.2, 0.25) is 0 Å². The molecule has 0 spiro atoms. The van der Waals surface area contributed by atoms with E-state index in [9.17, 15) is 13.6 Å². The number of nitrogens with one attached hydrogen (secondary N) is 2. The van der Waals surface area contributed by atoms with E-state index >= 15 is 0 Å². The molecule has 11 heteroatoms. The van der Waals surface area contributed by atoms with Gasteiger partial charge in [-0.15, -0.1) is 0 Å². The van der Waals surface area contributed by atoms with Gasteiger partial charge in [-0.3, -0.25) is 4.98 Å². The molecule has 8 nitrogen and oxygen atoms in total. The number of benzene rings is 1. The summed E-state index contributed by atoms with van der Waals surface area (Å²) in [5.41, 5.74) is 2.91. The van der Waals surface area contributed by atoms with Crippen molar-refractivity contribution in [2.45, 2.75) is 25.3 Å². The minimum Gasteiger partial charge on any atom is -0.366 e. The summed E-state index contributed by atoms with van der Waals surface area (Å²) in [6.45, 7) is 1.63. The van der Waals surface area contributed by atoms with E-state index in [0.29, 0.717) is 19.6 Å². The van der Waals surface area contributed by atoms with E-state index < -0.39 is 11.6 Å². The van der Waals surface area contributed by atoms with Crippen LogP contribution in [0.1, 0.15) is 30.0 Å². The van der Waals surface area contributed by atoms with Gasteiger partial charge in [0.1, 0.15) is 5.82 Å². The first-order valence-electron chi connectivity index (χ1n) is 11.2. The zero-order valence-electron chi connectivity index (χ0n) is 18.6. The first-order chi connectivity index (χ1) is 17.0. The highest BCUT2D eigenvalue weighted by Crippen LogP contribution is 2.31. The Hall–Kier alpha value is -3.60. The quantitative estimate of drug-likeness (QED) is 0.363. The number of amides is 2. The first-order valence-corrected chi connectivity index (χ1v) is 11.9. The van der Waals surface area contributed by atoms with Crippen LogP contribution in [0.4, 0.5) is 25.1 Å². The van der Waals surface area contributed by atoms with Gasteiger partial charge in [0, 0.05) is 61.5 Å². The Bertz CT molecular complexity index is 1360. The molecule has 5 rings (SSSR count). The van der Waals surface area contributed by atoms with E-state index in [1.54, 1.807) is 21.8 Å². The Balaban J connectivity index is 1.28. The highest BCUT2D eigenvalue weighted by atomic mass is 79.9. The number of rotatable bonds is 5. The van der Waals surface area contributed by atoms with Crippen LogP contribution in [0, 0.1) is 11.6 Å². The van der Waals surface area contributed by atoms with E-state index in [1.165, 1.54) is 6.07 Å². The molecule has 1 aliphatic rings. The van der Waals surface area contributed by atoms with Crippen molar-refractivity contribution in [1.82, 2.24) is 24.5 Å². The maximum absolute atomic E-state index is 13.4. The molecular formula is C24H22BrF2N7O. The monoisotopic (exact) mass is 541 g/mol. The third-order valence-corrected chi connectivity index (χ3v) is 6.58. The van der Waals surface area contributed by atoms with Crippen molar-refractivity contribution in [1.29, 1.82) is 0 Å². The van der Waals surface area contributed by atoms with Crippen molar-refractivity contribution in [3.05, 3.63) is 82.4 Å². The van der Waals surface area contributed by atoms with Crippen LogP contribution in [0.15, 0.2) is 59.5 Å². The van der Waals surface area contributed by atoms with Gasteiger partial charge in [0.15, 0.2) is 17.3 Å². The molecule has 1 fully saturated rings. The van der Waals surface area contributed by atoms with Gasteiger partial charge in [-0.25, -0.2) is 18.6 Å². The first kappa shape index (κ1) is 23.2. The van der Waals surface area contributed by atoms with Gasteiger partial charge in [-0.05, 0) is 52.5 Å². The van der Waals surface area contributed by atoms with Crippen LogP contribution in [-0.2, 0) is 6.54 Å². The average molecular weight is 542 g/mol. The fourth-order valence-electron chi connectivity index (χ4n) is 4.14. The molecule has 0 radical (unpaired) electrons. The molecule has 0 aliphatic carbocycles. The summed E-state index contributed by atoms with van der Waals surface area (Å²) < 4.78 is 29.1. The Morgan fingerprint density at radius 1 is 1.11 bits per heavy atom. The second-order valence-corrected chi connectivity index (χ2v) is 9.18. The van der Waals surface area contributed by atoms with E-state index in [4.69, 9.17) is 4.98 Å². The zero-order valence-corrected chi connectivity index (χ0v) is 20.2. The lowest BCUT2D eigenvalue weighted by molar-refractivity contribution is 0.194. The van der Waals surface area contributed by atoms with E-state index in [-0.39, 0.29) is 17.6 Å². The predicted molar refractivity (Wildman–Crippen MR) is 131 cm³/mol. The lowest BCUT2D eigenvalue weighted by Gasteiger charge is -2.32. The second kappa shape index (κ2) is 9.95. The van der Waals surface area contributed by atoms with Crippen molar-refractivity contribution < 1.29 is 13.6 Å². The van der Waals surface area contributed by atoms with E-state index in [1.807, 2.05) is 24.4 Å². The number of urea groups is 1. The molecule has 0 atom stereocenters. The smallest absolute Gasteiger partial charge is 0.321 e. The number of anilines is 2. The number of fused-ring (bicyclic) bond motifs is 1. The average Bonchev–Trinajstić information content (AvgIpc) is 3.26. The topological polar surface area (TPSA) is 87.5 Å². The number of carbonyl (C=O) groups is 1. The fourth-order valence-corrected chi connectivity index (χ4v) is 4.49. The Kier molecular flexibility index (Phi) is 6.58. The third-order valence-electron chi connectivity index (χ3n) is 6.02. The summed E-state index contributed by atoms with van der Waals surface area (Å²) in [5, 5.41) is 10.5. The van der Waals surface area contributed by atoms with E-state index in [2.05, 4.69) is 36.6 Å². The van der Waals surface area contributed by atoms with Gasteiger partial charge in [0.2, 0.25) is 0 Å². The number of aromatic nitrogens is 4. The molecule has 180 valence electrons. The van der Waals surface area contributed by atoms with Crippen LogP contribution in [0.3, 0.4) is 0 Å². The second-order valence-electron chi connectivity index (χ2n) is 8.33. The SMILES string of the molecule is O=C(Nc1ccc(F)c(F)c1)N1CCC(c2cc(NCc3cccnc3)n3ncc(Br)c3n2)CC1. The number of piperidine rings is 1. The Morgan fingerprint density at radius 2 is 1.94 bits per heavy atom. The summed E-state index contributed by atoms with van der Waals surface area (Å²) in [6, 6.07) is 8.87. The highest BCUT2D eigenvalue weighted by Gasteiger charge is 2.26. The fraction of sp³-hybridized carbons (Fsp3) is 0.250. The Labute approximate surface area is 208 Å². The third kappa shape index (κ3) is 5.09. The number of nitrogens with zero attached hydrogens (tertiary/aromatic N) is 5. The Morgan fingerprint density at radius 3 is 2.69 bits per heavy atom. The molecule has 2 amide bonds. The molecule has 4 heterocycles. The number of hydrogen-bond acceptors (Lipinski definition) is 5. The molecule has 3 aromatic heterocycles. The van der Waals surface area contributed by atoms with Gasteiger partial charge in [0.05, 0.1) is 10.7 Å². The molecule has 1 saturated heterocycles. The van der Waals surface area contributed by atoms with Gasteiger partial charge >= 0.3 is 6.03 Å². The van der Waals surface area contributed by atoms with Crippen molar-refractivity contribution in [2.24, 2.45) is 0 Å². The number of pyridine rings is 1. The minimum atomic E-state index is -0.998. The van der Waals surface area contributed by atoms with Crippen LogP contribution in [-0.4, -0.2) is 43.6 Å². The van der Waals surface area contributed by atoms with Crippen LogP contribution < -0.4 is 10.6 Å². The molecule has 1 aliphatic heterocycles. The van der Waals surface area contributed by atoms with Crippen LogP contribution in [0.5, 0.6) is 0 Å². The van der Waals surface area contributed by atoms with Gasteiger partial charge in [0.25, 0.3) is 0 Å². The molecule has 0 saturated carbocycles. The van der Waals surface area contributed by atoms with Crippen LogP contribution in [0.25, 0.3) is 5.65 Å². The number of hydrogen-bond donors (Lipinski definition) is 2. The summed E-state index contributed by atoms with van der Waals surface area (Å²) in [6.07, 6.45) is 6.71. The normalized spacial score (nSPS) is 14.3. The van der Waals surface area contributed by atoms with Crippen molar-refractivity contribution in [2.75, 3.05) is 23.7 Å². The van der Waals surface area contributed by atoms with Crippen molar-refractivity contribution in [3.63, 3.8) is 0 Å². The molecule has 35 heavy (non-hydrogen) atoms. The maximum Gasteiger partial charge on any atom is 0.321 e. The van der Waals surface area contributed by atoms with Gasteiger partial charge in [-0.1, -0.05) is 6.07 Å². The maximum atomic E-state index is 13.4. The molecule has 4 aromatic rings. The summed E-state index contributed by atoms with van der Waals surface area (Å²) in [7, 11) is 0. The number of carbonyl (C=O) groups excluding carboxylic acids is 1. The largest absolute Gasteiger partial charge is 0.366 e. The number of halogens is 3. The molecule has 0 bridgehead atoms. The van der Waals surface area contributed by atoms with Gasteiger partial charge < -0.3 is 15.5 Å². The molecule has 1 aromatic carbocycles. The summed E-state index contributed by atoms with van der Waals surface area (Å²) >= 11 is 3.53. The van der Waals surface area contributed by atoms with Crippen LogP contribution >= 0.6 is 15.9 Å². The lowest BCUT2D eigenvalue weighted by atomic mass is 9.93. The van der Waals surface area contributed by atoms with E-state index in [0.717, 1.165) is 52.2 Å². The molecule has 0 unspecified atom stereocenters. The lowest BCUT2D eigenvalue weighted by Crippen LogP contribution is -2.40.